The highest BCUT2D eigenvalue weighted by molar-refractivity contribution is 6.42. The summed E-state index contributed by atoms with van der Waals surface area (Å²) in [5, 5.41) is 15.5. The Hall–Kier alpha value is -3.51. The van der Waals surface area contributed by atoms with Gasteiger partial charge in [0.2, 0.25) is 0 Å². The van der Waals surface area contributed by atoms with Crippen LogP contribution in [0.25, 0.3) is 0 Å². The topological polar surface area (TPSA) is 78.2 Å². The third-order valence-corrected chi connectivity index (χ3v) is 3.64. The number of amidine groups is 1. The van der Waals surface area contributed by atoms with E-state index in [1.807, 2.05) is 48.5 Å². The number of nitrogens with one attached hydrogen (secondary N) is 2. The number of hydrazone groups is 1. The van der Waals surface area contributed by atoms with Crippen molar-refractivity contribution in [2.45, 2.75) is 0 Å². The standard InChI is InChI=1S/C20H16ClN5O/c21-15-11-13-16(14-12-15)22-20(27)19(25-23-17-7-3-1-4-8-17)26-24-18-9-5-2-6-10-18/h1-14,23H,(H,22,27). The van der Waals surface area contributed by atoms with Gasteiger partial charge >= 0.3 is 0 Å². The van der Waals surface area contributed by atoms with Crippen molar-refractivity contribution in [3.8, 4) is 0 Å². The molecule has 3 rings (SSSR count). The van der Waals surface area contributed by atoms with Crippen molar-refractivity contribution >= 4 is 40.4 Å². The third kappa shape index (κ3) is 5.76. The molecular weight excluding hydrogens is 362 g/mol. The molecular formula is C20H16ClN5O. The summed E-state index contributed by atoms with van der Waals surface area (Å²) in [4.78, 5) is 12.6. The fraction of sp³-hybridized carbons (Fsp3) is 0. The molecule has 0 radical (unpaired) electrons. The number of azo groups is 1. The lowest BCUT2D eigenvalue weighted by molar-refractivity contribution is -0.110. The molecule has 0 atom stereocenters. The largest absolute Gasteiger partial charge is 0.319 e. The van der Waals surface area contributed by atoms with E-state index in [1.165, 1.54) is 0 Å². The van der Waals surface area contributed by atoms with Crippen molar-refractivity contribution in [2.24, 2.45) is 15.3 Å². The summed E-state index contributed by atoms with van der Waals surface area (Å²) >= 11 is 5.87. The second-order valence-electron chi connectivity index (χ2n) is 5.41. The molecule has 0 bridgehead atoms. The fourth-order valence-corrected chi connectivity index (χ4v) is 2.19. The van der Waals surface area contributed by atoms with Crippen LogP contribution in [0.4, 0.5) is 17.1 Å². The van der Waals surface area contributed by atoms with E-state index in [4.69, 9.17) is 11.6 Å². The lowest BCUT2D eigenvalue weighted by Crippen LogP contribution is -2.22. The van der Waals surface area contributed by atoms with E-state index in [2.05, 4.69) is 26.1 Å². The second kappa shape index (κ2) is 9.26. The minimum Gasteiger partial charge on any atom is -0.319 e. The predicted molar refractivity (Wildman–Crippen MR) is 109 cm³/mol. The highest BCUT2D eigenvalue weighted by Gasteiger charge is 2.12. The highest BCUT2D eigenvalue weighted by Crippen LogP contribution is 2.14. The van der Waals surface area contributed by atoms with Gasteiger partial charge in [0.05, 0.1) is 11.4 Å². The van der Waals surface area contributed by atoms with Gasteiger partial charge in [-0.1, -0.05) is 48.0 Å². The van der Waals surface area contributed by atoms with Gasteiger partial charge < -0.3 is 5.32 Å². The van der Waals surface area contributed by atoms with Gasteiger partial charge in [-0.2, -0.15) is 0 Å². The fourth-order valence-electron chi connectivity index (χ4n) is 2.07. The molecule has 0 aliphatic carbocycles. The molecule has 0 saturated carbocycles. The van der Waals surface area contributed by atoms with Crippen LogP contribution in [0.15, 0.2) is 100 Å². The molecule has 1 amide bonds. The maximum Gasteiger partial charge on any atom is 0.297 e. The zero-order valence-electron chi connectivity index (χ0n) is 14.2. The summed E-state index contributed by atoms with van der Waals surface area (Å²) in [6.07, 6.45) is 0. The lowest BCUT2D eigenvalue weighted by Gasteiger charge is -2.05. The Kier molecular flexibility index (Phi) is 6.27. The molecule has 7 heteroatoms. The van der Waals surface area contributed by atoms with Crippen molar-refractivity contribution in [2.75, 3.05) is 10.7 Å². The number of carbonyl (C=O) groups is 1. The number of nitrogens with zero attached hydrogens (tertiary/aromatic N) is 3. The average molecular weight is 378 g/mol. The summed E-state index contributed by atoms with van der Waals surface area (Å²) in [5.41, 5.74) is 4.73. The van der Waals surface area contributed by atoms with Crippen LogP contribution in [0.3, 0.4) is 0 Å². The van der Waals surface area contributed by atoms with Crippen LogP contribution < -0.4 is 10.7 Å². The van der Waals surface area contributed by atoms with E-state index in [0.717, 1.165) is 5.69 Å². The normalized spacial score (nSPS) is 11.4. The molecule has 6 nitrogen and oxygen atoms in total. The first-order valence-corrected chi connectivity index (χ1v) is 8.51. The molecule has 0 fully saturated rings. The van der Waals surface area contributed by atoms with Crippen LogP contribution >= 0.6 is 11.6 Å². The summed E-state index contributed by atoms with van der Waals surface area (Å²) in [6.45, 7) is 0. The maximum atomic E-state index is 12.6. The smallest absolute Gasteiger partial charge is 0.297 e. The SMILES string of the molecule is O=C(Nc1ccc(Cl)cc1)C(N=Nc1ccccc1)=NNc1ccccc1. The van der Waals surface area contributed by atoms with Crippen LogP contribution in [0.5, 0.6) is 0 Å². The molecule has 134 valence electrons. The maximum absolute atomic E-state index is 12.6. The van der Waals surface area contributed by atoms with Crippen molar-refractivity contribution in [3.05, 3.63) is 90.0 Å². The van der Waals surface area contributed by atoms with E-state index < -0.39 is 5.91 Å². The molecule has 0 spiro atoms. The second-order valence-corrected chi connectivity index (χ2v) is 5.85. The van der Waals surface area contributed by atoms with Gasteiger partial charge in [0.1, 0.15) is 0 Å². The monoisotopic (exact) mass is 377 g/mol. The molecule has 3 aromatic rings. The third-order valence-electron chi connectivity index (χ3n) is 3.39. The summed E-state index contributed by atoms with van der Waals surface area (Å²) in [6, 6.07) is 25.1. The van der Waals surface area contributed by atoms with E-state index in [0.29, 0.717) is 16.4 Å². The molecule has 0 aliphatic rings. The Labute approximate surface area is 161 Å². The molecule has 0 aromatic heterocycles. The first-order chi connectivity index (χ1) is 13.2. The van der Waals surface area contributed by atoms with Crippen molar-refractivity contribution in [3.63, 3.8) is 0 Å². The Morgan fingerprint density at radius 1 is 0.778 bits per heavy atom. The van der Waals surface area contributed by atoms with Crippen molar-refractivity contribution < 1.29 is 4.79 Å². The summed E-state index contributed by atoms with van der Waals surface area (Å²) in [5.74, 6) is -0.613. The Morgan fingerprint density at radius 2 is 1.41 bits per heavy atom. The van der Waals surface area contributed by atoms with Crippen molar-refractivity contribution in [1.82, 2.24) is 0 Å². The van der Waals surface area contributed by atoms with E-state index >= 15 is 0 Å². The van der Waals surface area contributed by atoms with Gasteiger partial charge in [-0.3, -0.25) is 10.2 Å². The Balaban J connectivity index is 1.80. The van der Waals surface area contributed by atoms with Gasteiger partial charge in [-0.25, -0.2) is 0 Å². The number of halogens is 1. The predicted octanol–water partition coefficient (Wildman–Crippen LogP) is 5.49. The number of amides is 1. The van der Waals surface area contributed by atoms with Crippen LogP contribution in [-0.2, 0) is 4.79 Å². The van der Waals surface area contributed by atoms with Crippen LogP contribution in [0, 0.1) is 0 Å². The van der Waals surface area contributed by atoms with E-state index in [9.17, 15) is 4.79 Å². The zero-order chi connectivity index (χ0) is 18.9. The lowest BCUT2D eigenvalue weighted by atomic mass is 10.3. The number of hydrogen-bond acceptors (Lipinski definition) is 4. The number of carbonyl (C=O) groups excluding carboxylic acids is 1. The number of hydrogen-bond donors (Lipinski definition) is 2. The van der Waals surface area contributed by atoms with Crippen LogP contribution in [-0.4, -0.2) is 11.7 Å². The first-order valence-electron chi connectivity index (χ1n) is 8.13. The molecule has 0 saturated heterocycles. The number of anilines is 2. The van der Waals surface area contributed by atoms with Crippen molar-refractivity contribution in [1.29, 1.82) is 0 Å². The van der Waals surface area contributed by atoms with Gasteiger partial charge in [0.25, 0.3) is 11.7 Å². The summed E-state index contributed by atoms with van der Waals surface area (Å²) < 4.78 is 0. The quantitative estimate of drug-likeness (QED) is 0.273. The molecule has 0 unspecified atom stereocenters. The number of para-hydroxylation sites is 1. The molecule has 0 heterocycles. The highest BCUT2D eigenvalue weighted by atomic mass is 35.5. The Morgan fingerprint density at radius 3 is 2.07 bits per heavy atom. The van der Waals surface area contributed by atoms with Crippen LogP contribution in [0.1, 0.15) is 0 Å². The average Bonchev–Trinajstić information content (AvgIpc) is 2.71. The number of rotatable bonds is 4. The van der Waals surface area contributed by atoms with Gasteiger partial charge in [-0.15, -0.1) is 15.3 Å². The molecule has 27 heavy (non-hydrogen) atoms. The first kappa shape index (κ1) is 18.3. The van der Waals surface area contributed by atoms with E-state index in [-0.39, 0.29) is 5.84 Å². The summed E-state index contributed by atoms with van der Waals surface area (Å²) in [7, 11) is 0. The minimum absolute atomic E-state index is 0.113. The minimum atomic E-state index is -0.500. The van der Waals surface area contributed by atoms with Gasteiger partial charge in [0, 0.05) is 10.7 Å². The van der Waals surface area contributed by atoms with Crippen LogP contribution in [0.2, 0.25) is 5.02 Å². The van der Waals surface area contributed by atoms with E-state index in [1.54, 1.807) is 36.4 Å². The molecule has 2 N–H and O–H groups in total. The van der Waals surface area contributed by atoms with Gasteiger partial charge in [-0.05, 0) is 48.5 Å². The number of benzene rings is 3. The zero-order valence-corrected chi connectivity index (χ0v) is 15.0. The van der Waals surface area contributed by atoms with Gasteiger partial charge in [0.15, 0.2) is 0 Å². The Bertz CT molecular complexity index is 941. The molecule has 3 aromatic carbocycles. The molecule has 0 aliphatic heterocycles.